The van der Waals surface area contributed by atoms with E-state index in [1.165, 1.54) is 24.3 Å². The second-order valence-corrected chi connectivity index (χ2v) is 15.6. The van der Waals surface area contributed by atoms with Crippen LogP contribution in [0, 0.1) is 0 Å². The van der Waals surface area contributed by atoms with Crippen LogP contribution >= 0.6 is 92.8 Å². The van der Waals surface area contributed by atoms with Gasteiger partial charge in [0.15, 0.2) is 0 Å². The van der Waals surface area contributed by atoms with E-state index in [-0.39, 0.29) is 56.2 Å². The van der Waals surface area contributed by atoms with Gasteiger partial charge in [-0.25, -0.2) is 0 Å². The van der Waals surface area contributed by atoms with E-state index >= 15 is 0 Å². The first-order chi connectivity index (χ1) is 29.9. The van der Waals surface area contributed by atoms with Gasteiger partial charge in [-0.2, -0.15) is 0 Å². The third-order valence-electron chi connectivity index (χ3n) is 8.01. The standard InChI is InChI=1S/C42H20Cl8N6O6/c43-29-13-9-25(17-33(29)47)59-39-51-37(52-40(55-39)60-26-10-14-30(44)34(48)18-26)57-23-5-1-21(2-6-23)22-3-7-24(8-4-22)58-38-53-41(61-27-11-15-31(45)35(49)19-27)56-42(54-38)62-28-12-16-32(46)36(50)20-28/h1-20H. The number of benzene rings is 6. The Labute approximate surface area is 391 Å². The Balaban J connectivity index is 0.991. The van der Waals surface area contributed by atoms with Gasteiger partial charge in [-0.15, -0.1) is 29.9 Å². The second-order valence-electron chi connectivity index (χ2n) is 12.3. The van der Waals surface area contributed by atoms with Gasteiger partial charge in [0.1, 0.15) is 34.5 Å². The number of hydrogen-bond donors (Lipinski definition) is 0. The molecule has 0 atom stereocenters. The SMILES string of the molecule is Clc1ccc(Oc2nc(Oc3ccc(-c4ccc(Oc5nc(Oc6ccc(Cl)c(Cl)c6)nc(Oc6ccc(Cl)c(Cl)c6)n5)cc4)cc3)nc(Oc3ccc(Cl)c(Cl)c3)n2)cc1Cl. The fraction of sp³-hybridized carbons (Fsp3) is 0. The van der Waals surface area contributed by atoms with E-state index in [1.54, 1.807) is 72.8 Å². The van der Waals surface area contributed by atoms with Gasteiger partial charge in [-0.1, -0.05) is 117 Å². The van der Waals surface area contributed by atoms with E-state index in [9.17, 15) is 0 Å². The third-order valence-corrected chi connectivity index (χ3v) is 11.0. The molecule has 62 heavy (non-hydrogen) atoms. The van der Waals surface area contributed by atoms with Crippen molar-refractivity contribution in [2.45, 2.75) is 0 Å². The normalized spacial score (nSPS) is 10.9. The van der Waals surface area contributed by atoms with Crippen LogP contribution in [-0.4, -0.2) is 29.9 Å². The van der Waals surface area contributed by atoms with Crippen LogP contribution in [0.1, 0.15) is 0 Å². The van der Waals surface area contributed by atoms with Crippen LogP contribution in [0.25, 0.3) is 11.1 Å². The Morgan fingerprint density at radius 3 is 0.629 bits per heavy atom. The smallest absolute Gasteiger partial charge is 0.331 e. The molecule has 0 aliphatic carbocycles. The summed E-state index contributed by atoms with van der Waals surface area (Å²) in [5.74, 6) is 2.03. The number of ether oxygens (including phenoxy) is 6. The molecule has 0 N–H and O–H groups in total. The Kier molecular flexibility index (Phi) is 13.4. The number of rotatable bonds is 13. The van der Waals surface area contributed by atoms with Crippen molar-refractivity contribution < 1.29 is 28.4 Å². The van der Waals surface area contributed by atoms with Crippen LogP contribution in [-0.2, 0) is 0 Å². The van der Waals surface area contributed by atoms with Crippen molar-refractivity contribution >= 4 is 92.8 Å². The number of aromatic nitrogens is 6. The molecule has 0 saturated heterocycles. The van der Waals surface area contributed by atoms with E-state index in [0.29, 0.717) is 54.6 Å². The molecule has 0 radical (unpaired) electrons. The van der Waals surface area contributed by atoms with Crippen LogP contribution in [0.15, 0.2) is 121 Å². The highest BCUT2D eigenvalue weighted by molar-refractivity contribution is 6.43. The highest BCUT2D eigenvalue weighted by atomic mass is 35.5. The lowest BCUT2D eigenvalue weighted by molar-refractivity contribution is 0.361. The van der Waals surface area contributed by atoms with Crippen molar-refractivity contribution in [3.63, 3.8) is 0 Å². The molecule has 310 valence electrons. The first kappa shape index (κ1) is 43.1. The lowest BCUT2D eigenvalue weighted by atomic mass is 10.1. The molecule has 2 aromatic heterocycles. The minimum absolute atomic E-state index is 0.131. The van der Waals surface area contributed by atoms with Crippen molar-refractivity contribution in [1.82, 2.24) is 29.9 Å². The quantitative estimate of drug-likeness (QED) is 0.109. The maximum Gasteiger partial charge on any atom is 0.331 e. The molecule has 0 bridgehead atoms. The molecule has 12 nitrogen and oxygen atoms in total. The fourth-order valence-electron chi connectivity index (χ4n) is 5.14. The predicted molar refractivity (Wildman–Crippen MR) is 238 cm³/mol. The second kappa shape index (κ2) is 19.2. The summed E-state index contributed by atoms with van der Waals surface area (Å²) in [6.07, 6.45) is 0. The Morgan fingerprint density at radius 2 is 0.419 bits per heavy atom. The predicted octanol–water partition coefficient (Wildman–Crippen LogP) is 15.7. The summed E-state index contributed by atoms with van der Waals surface area (Å²) in [5, 5.41) is 2.48. The molecule has 20 heteroatoms. The molecule has 8 rings (SSSR count). The largest absolute Gasteiger partial charge is 0.424 e. The molecular weight excluding hydrogens is 968 g/mol. The van der Waals surface area contributed by atoms with Crippen LogP contribution < -0.4 is 28.4 Å². The fourth-order valence-corrected chi connectivity index (χ4v) is 6.29. The molecule has 0 spiro atoms. The van der Waals surface area contributed by atoms with Crippen molar-refractivity contribution in [1.29, 1.82) is 0 Å². The van der Waals surface area contributed by atoms with Gasteiger partial charge in [0.2, 0.25) is 0 Å². The first-order valence-corrected chi connectivity index (χ1v) is 20.5. The molecule has 0 saturated carbocycles. The number of nitrogens with zero attached hydrogens (tertiary/aromatic N) is 6. The van der Waals surface area contributed by atoms with E-state index in [0.717, 1.165) is 11.1 Å². The van der Waals surface area contributed by atoms with E-state index in [1.807, 2.05) is 24.3 Å². The van der Waals surface area contributed by atoms with Gasteiger partial charge in [0.05, 0.1) is 40.2 Å². The maximum atomic E-state index is 6.18. The molecule has 0 amide bonds. The van der Waals surface area contributed by atoms with Gasteiger partial charge in [-0.05, 0) is 83.9 Å². The average molecular weight is 988 g/mol. The summed E-state index contributed by atoms with van der Waals surface area (Å²) in [6, 6.07) is 32.2. The van der Waals surface area contributed by atoms with Gasteiger partial charge < -0.3 is 28.4 Å². The van der Waals surface area contributed by atoms with Gasteiger partial charge in [0, 0.05) is 24.3 Å². The summed E-state index contributed by atoms with van der Waals surface area (Å²) in [5.41, 5.74) is 1.70. The highest BCUT2D eigenvalue weighted by Gasteiger charge is 2.17. The van der Waals surface area contributed by atoms with Crippen molar-refractivity contribution in [2.24, 2.45) is 0 Å². The van der Waals surface area contributed by atoms with Crippen LogP contribution in [0.3, 0.4) is 0 Å². The van der Waals surface area contributed by atoms with Gasteiger partial charge in [0.25, 0.3) is 0 Å². The zero-order valence-electron chi connectivity index (χ0n) is 30.7. The molecule has 0 fully saturated rings. The maximum absolute atomic E-state index is 6.18. The van der Waals surface area contributed by atoms with E-state index in [2.05, 4.69) is 29.9 Å². The van der Waals surface area contributed by atoms with Crippen LogP contribution in [0.5, 0.6) is 70.6 Å². The molecule has 8 aromatic rings. The average Bonchev–Trinajstić information content (AvgIpc) is 3.24. The van der Waals surface area contributed by atoms with E-state index in [4.69, 9.17) is 121 Å². The summed E-state index contributed by atoms with van der Waals surface area (Å²) in [7, 11) is 0. The third kappa shape index (κ3) is 11.1. The topological polar surface area (TPSA) is 133 Å². The van der Waals surface area contributed by atoms with Crippen molar-refractivity contribution in [3.05, 3.63) is 162 Å². The minimum atomic E-state index is -0.148. The molecular formula is C42H20Cl8N6O6. The molecule has 0 unspecified atom stereocenters. The molecule has 6 aromatic carbocycles. The lowest BCUT2D eigenvalue weighted by Gasteiger charge is -2.11. The first-order valence-electron chi connectivity index (χ1n) is 17.5. The van der Waals surface area contributed by atoms with Crippen molar-refractivity contribution in [2.75, 3.05) is 0 Å². The Bertz CT molecular complexity index is 2590. The molecule has 0 aliphatic heterocycles. The monoisotopic (exact) mass is 984 g/mol. The molecule has 2 heterocycles. The Hall–Kier alpha value is -5.54. The molecule has 0 aliphatic rings. The highest BCUT2D eigenvalue weighted by Crippen LogP contribution is 2.36. The summed E-state index contributed by atoms with van der Waals surface area (Å²) in [6.45, 7) is 0. The summed E-state index contributed by atoms with van der Waals surface area (Å²) >= 11 is 49.0. The summed E-state index contributed by atoms with van der Waals surface area (Å²) < 4.78 is 35.4. The lowest BCUT2D eigenvalue weighted by Crippen LogP contribution is -2.01. The minimum Gasteiger partial charge on any atom is -0.424 e. The zero-order chi connectivity index (χ0) is 43.3. The van der Waals surface area contributed by atoms with Crippen LogP contribution in [0.2, 0.25) is 40.2 Å². The van der Waals surface area contributed by atoms with Crippen molar-refractivity contribution in [3.8, 4) is 81.7 Å². The van der Waals surface area contributed by atoms with E-state index < -0.39 is 0 Å². The summed E-state index contributed by atoms with van der Waals surface area (Å²) in [4.78, 5) is 25.7. The Morgan fingerprint density at radius 1 is 0.226 bits per heavy atom. The zero-order valence-corrected chi connectivity index (χ0v) is 36.8. The number of halogens is 8. The van der Waals surface area contributed by atoms with Crippen LogP contribution in [0.4, 0.5) is 0 Å². The van der Waals surface area contributed by atoms with Gasteiger partial charge >= 0.3 is 36.1 Å². The number of hydrogen-bond acceptors (Lipinski definition) is 12. The van der Waals surface area contributed by atoms with Gasteiger partial charge in [-0.3, -0.25) is 0 Å².